The van der Waals surface area contributed by atoms with Crippen molar-refractivity contribution in [2.75, 3.05) is 6.61 Å². The lowest BCUT2D eigenvalue weighted by molar-refractivity contribution is 0.289. The Morgan fingerprint density at radius 3 is 2.40 bits per heavy atom. The van der Waals surface area contributed by atoms with E-state index in [1.54, 1.807) is 0 Å². The zero-order valence-electron chi connectivity index (χ0n) is 13.3. The molecule has 3 heteroatoms. The molecule has 0 aliphatic carbocycles. The third-order valence-electron chi connectivity index (χ3n) is 4.73. The van der Waals surface area contributed by atoms with Crippen molar-refractivity contribution in [1.29, 1.82) is 0 Å². The Morgan fingerprint density at radius 1 is 1.15 bits per heavy atom. The van der Waals surface area contributed by atoms with Crippen LogP contribution in [0.15, 0.2) is 28.7 Å². The fourth-order valence-corrected chi connectivity index (χ4v) is 4.51. The third-order valence-corrected chi connectivity index (χ3v) is 10.0. The van der Waals surface area contributed by atoms with Gasteiger partial charge in [0.05, 0.1) is 5.38 Å². The van der Waals surface area contributed by atoms with Crippen molar-refractivity contribution in [3.05, 3.63) is 29.8 Å². The molecule has 0 spiro atoms. The zero-order valence-corrected chi connectivity index (χ0v) is 14.3. The molecule has 0 atom stereocenters. The molecule has 0 bridgehead atoms. The molecule has 0 fully saturated rings. The van der Waals surface area contributed by atoms with Gasteiger partial charge < -0.3 is 9.52 Å². The molecular formula is C17H26O2Si. The van der Waals surface area contributed by atoms with Crippen LogP contribution in [-0.2, 0) is 6.42 Å². The first kappa shape index (κ1) is 15.3. The van der Waals surface area contributed by atoms with Gasteiger partial charge >= 0.3 is 0 Å². The number of aliphatic hydroxyl groups excluding tert-OH is 1. The highest BCUT2D eigenvalue weighted by atomic mass is 28.3. The SMILES string of the molecule is CC(C)(C)[Si](C)(C)c1oc2ccccc2c1CCCO. The molecule has 20 heavy (non-hydrogen) atoms. The molecule has 1 aromatic carbocycles. The van der Waals surface area contributed by atoms with E-state index in [1.807, 2.05) is 6.07 Å². The molecule has 110 valence electrons. The number of furan rings is 1. The van der Waals surface area contributed by atoms with Gasteiger partial charge in [-0.25, -0.2) is 0 Å². The van der Waals surface area contributed by atoms with Gasteiger partial charge in [-0.05, 0) is 29.5 Å². The van der Waals surface area contributed by atoms with Crippen molar-refractivity contribution in [3.8, 4) is 0 Å². The van der Waals surface area contributed by atoms with Crippen LogP contribution in [-0.4, -0.2) is 19.8 Å². The van der Waals surface area contributed by atoms with Gasteiger partial charge in [0, 0.05) is 12.0 Å². The number of para-hydroxylation sites is 1. The van der Waals surface area contributed by atoms with E-state index in [1.165, 1.54) is 16.3 Å². The fourth-order valence-electron chi connectivity index (χ4n) is 2.45. The smallest absolute Gasteiger partial charge is 0.133 e. The summed E-state index contributed by atoms with van der Waals surface area (Å²) in [6.07, 6.45) is 1.69. The van der Waals surface area contributed by atoms with E-state index in [0.717, 1.165) is 18.4 Å². The maximum Gasteiger partial charge on any atom is 0.133 e. The van der Waals surface area contributed by atoms with E-state index in [0.29, 0.717) is 0 Å². The summed E-state index contributed by atoms with van der Waals surface area (Å²) in [7, 11) is -1.71. The molecular weight excluding hydrogens is 264 g/mol. The van der Waals surface area contributed by atoms with Crippen LogP contribution in [0.3, 0.4) is 0 Å². The van der Waals surface area contributed by atoms with Crippen LogP contribution in [0.25, 0.3) is 11.0 Å². The maximum atomic E-state index is 9.17. The summed E-state index contributed by atoms with van der Waals surface area (Å²) in [5.74, 6) is 0. The summed E-state index contributed by atoms with van der Waals surface area (Å²) in [4.78, 5) is 0. The van der Waals surface area contributed by atoms with Crippen LogP contribution in [0.2, 0.25) is 18.1 Å². The molecule has 1 N–H and O–H groups in total. The van der Waals surface area contributed by atoms with Crippen LogP contribution in [0.4, 0.5) is 0 Å². The van der Waals surface area contributed by atoms with Gasteiger partial charge in [-0.1, -0.05) is 52.1 Å². The molecule has 2 rings (SSSR count). The number of aliphatic hydroxyl groups is 1. The fraction of sp³-hybridized carbons (Fsp3) is 0.529. The number of hydrogen-bond acceptors (Lipinski definition) is 2. The van der Waals surface area contributed by atoms with Crippen molar-refractivity contribution in [2.45, 2.75) is 51.7 Å². The zero-order chi connectivity index (χ0) is 15.0. The van der Waals surface area contributed by atoms with Crippen molar-refractivity contribution in [2.24, 2.45) is 0 Å². The van der Waals surface area contributed by atoms with Gasteiger partial charge in [-0.3, -0.25) is 0 Å². The second-order valence-corrected chi connectivity index (χ2v) is 12.3. The number of rotatable bonds is 4. The summed E-state index contributed by atoms with van der Waals surface area (Å²) in [6.45, 7) is 11.9. The third kappa shape index (κ3) is 2.57. The molecule has 0 aliphatic heterocycles. The van der Waals surface area contributed by atoms with Crippen molar-refractivity contribution in [1.82, 2.24) is 0 Å². The number of aryl methyl sites for hydroxylation is 1. The first-order valence-corrected chi connectivity index (χ1v) is 10.4. The molecule has 0 amide bonds. The predicted molar refractivity (Wildman–Crippen MR) is 88.5 cm³/mol. The summed E-state index contributed by atoms with van der Waals surface area (Å²) in [5.41, 5.74) is 2.31. The summed E-state index contributed by atoms with van der Waals surface area (Å²) >= 11 is 0. The molecule has 0 aliphatic rings. The maximum absolute atomic E-state index is 9.17. The quantitative estimate of drug-likeness (QED) is 0.861. The molecule has 2 aromatic rings. The molecule has 0 saturated heterocycles. The Bertz CT molecular complexity index is 591. The Kier molecular flexibility index (Phi) is 4.12. The lowest BCUT2D eigenvalue weighted by Gasteiger charge is -2.35. The minimum absolute atomic E-state index is 0.233. The van der Waals surface area contributed by atoms with Gasteiger partial charge in [0.1, 0.15) is 13.7 Å². The molecule has 1 aromatic heterocycles. The number of fused-ring (bicyclic) bond motifs is 1. The average molecular weight is 290 g/mol. The van der Waals surface area contributed by atoms with Crippen molar-refractivity contribution >= 4 is 24.4 Å². The molecule has 0 unspecified atom stereocenters. The summed E-state index contributed by atoms with van der Waals surface area (Å²) in [5, 5.41) is 11.8. The summed E-state index contributed by atoms with van der Waals surface area (Å²) in [6, 6.07) is 8.28. The Morgan fingerprint density at radius 2 is 1.80 bits per heavy atom. The van der Waals surface area contributed by atoms with Gasteiger partial charge in [-0.15, -0.1) is 0 Å². The van der Waals surface area contributed by atoms with E-state index in [-0.39, 0.29) is 11.6 Å². The highest BCUT2D eigenvalue weighted by Gasteiger charge is 2.41. The van der Waals surface area contributed by atoms with Gasteiger partial charge in [0.15, 0.2) is 0 Å². The van der Waals surface area contributed by atoms with E-state index >= 15 is 0 Å². The number of benzene rings is 1. The minimum Gasteiger partial charge on any atom is -0.466 e. The standard InChI is InChI=1S/C17H26O2Si/c1-17(2,3)20(4,5)16-14(10-8-12-18)13-9-6-7-11-15(13)19-16/h6-7,9,11,18H,8,10,12H2,1-5H3. The average Bonchev–Trinajstić information content (AvgIpc) is 2.74. The van der Waals surface area contributed by atoms with E-state index < -0.39 is 8.07 Å². The van der Waals surface area contributed by atoms with Crippen LogP contribution in [0.1, 0.15) is 32.8 Å². The van der Waals surface area contributed by atoms with Gasteiger partial charge in [0.25, 0.3) is 0 Å². The van der Waals surface area contributed by atoms with Crippen molar-refractivity contribution < 1.29 is 9.52 Å². The first-order chi connectivity index (χ1) is 9.29. The van der Waals surface area contributed by atoms with Gasteiger partial charge in [-0.2, -0.15) is 0 Å². The van der Waals surface area contributed by atoms with Crippen LogP contribution < -0.4 is 5.38 Å². The van der Waals surface area contributed by atoms with Crippen LogP contribution >= 0.6 is 0 Å². The molecule has 2 nitrogen and oxygen atoms in total. The lowest BCUT2D eigenvalue weighted by atomic mass is 10.1. The monoisotopic (exact) mass is 290 g/mol. The van der Waals surface area contributed by atoms with Crippen LogP contribution in [0, 0.1) is 0 Å². The molecule has 0 radical (unpaired) electrons. The van der Waals surface area contributed by atoms with E-state index in [2.05, 4.69) is 52.1 Å². The van der Waals surface area contributed by atoms with Crippen LogP contribution in [0.5, 0.6) is 0 Å². The second kappa shape index (κ2) is 5.38. The molecule has 1 heterocycles. The Labute approximate surface area is 122 Å². The highest BCUT2D eigenvalue weighted by Crippen LogP contribution is 2.38. The molecule has 0 saturated carbocycles. The Balaban J connectivity index is 2.62. The largest absolute Gasteiger partial charge is 0.466 e. The minimum atomic E-state index is -1.71. The van der Waals surface area contributed by atoms with Crippen molar-refractivity contribution in [3.63, 3.8) is 0 Å². The number of hydrogen-bond donors (Lipinski definition) is 1. The highest BCUT2D eigenvalue weighted by molar-refractivity contribution is 6.91. The first-order valence-electron chi connectivity index (χ1n) is 7.41. The predicted octanol–water partition coefficient (Wildman–Crippen LogP) is 4.07. The van der Waals surface area contributed by atoms with Gasteiger partial charge in [0.2, 0.25) is 0 Å². The van der Waals surface area contributed by atoms with E-state index in [4.69, 9.17) is 4.42 Å². The normalized spacial score (nSPS) is 13.1. The van der Waals surface area contributed by atoms with E-state index in [9.17, 15) is 5.11 Å². The Hall–Kier alpha value is -1.06. The topological polar surface area (TPSA) is 33.4 Å². The second-order valence-electron chi connectivity index (χ2n) is 7.11. The summed E-state index contributed by atoms with van der Waals surface area (Å²) < 4.78 is 6.27. The lowest BCUT2D eigenvalue weighted by Crippen LogP contribution is -2.50.